The van der Waals surface area contributed by atoms with Crippen LogP contribution in [0, 0.1) is 0 Å². The molecule has 0 spiro atoms. The predicted octanol–water partition coefficient (Wildman–Crippen LogP) is 0.971. The van der Waals surface area contributed by atoms with E-state index < -0.39 is 0 Å². The van der Waals surface area contributed by atoms with Crippen molar-refractivity contribution in [2.45, 2.75) is 26.7 Å². The summed E-state index contributed by atoms with van der Waals surface area (Å²) >= 11 is 0. The van der Waals surface area contributed by atoms with Crippen LogP contribution in [0.2, 0.25) is 0 Å². The Balaban J connectivity index is 0.000000791. The monoisotopic (exact) mass is 202 g/mol. The van der Waals surface area contributed by atoms with Crippen LogP contribution in [0.25, 0.3) is 0 Å². The first-order chi connectivity index (χ1) is 6.75. The summed E-state index contributed by atoms with van der Waals surface area (Å²) in [6, 6.07) is 0. The molecule has 5 heteroatoms. The Morgan fingerprint density at radius 2 is 2.07 bits per heavy atom. The largest absolute Gasteiger partial charge is 0.302 e. The first-order valence-electron chi connectivity index (χ1n) is 4.71. The summed E-state index contributed by atoms with van der Waals surface area (Å²) in [4.78, 5) is 20.4. The van der Waals surface area contributed by atoms with Crippen molar-refractivity contribution in [3.8, 4) is 0 Å². The standard InChI is InChI=1S/C7H12N2O3.C2H6/c1-6-2-3-7(10)9(6)12-5-4-11-8;1-2/h1-5,8H2;1-2H3. The Morgan fingerprint density at radius 1 is 1.43 bits per heavy atom. The van der Waals surface area contributed by atoms with E-state index in [9.17, 15) is 4.79 Å². The minimum atomic E-state index is -0.0583. The molecule has 0 aromatic rings. The number of hydrogen-bond donors (Lipinski definition) is 1. The predicted molar refractivity (Wildman–Crippen MR) is 52.7 cm³/mol. The smallest absolute Gasteiger partial charge is 0.250 e. The summed E-state index contributed by atoms with van der Waals surface area (Å²) in [5, 5.41) is 1.21. The van der Waals surface area contributed by atoms with Crippen molar-refractivity contribution < 1.29 is 14.5 Å². The van der Waals surface area contributed by atoms with Crippen molar-refractivity contribution in [1.82, 2.24) is 5.06 Å². The maximum atomic E-state index is 11.0. The summed E-state index contributed by atoms with van der Waals surface area (Å²) in [6.45, 7) is 8.20. The molecule has 0 aromatic carbocycles. The maximum Gasteiger partial charge on any atom is 0.250 e. The average Bonchev–Trinajstić information content (AvgIpc) is 2.52. The van der Waals surface area contributed by atoms with Crippen LogP contribution in [-0.4, -0.2) is 24.2 Å². The molecule has 1 aliphatic heterocycles. The van der Waals surface area contributed by atoms with Gasteiger partial charge in [-0.25, -0.2) is 5.90 Å². The van der Waals surface area contributed by atoms with Crippen molar-refractivity contribution in [2.75, 3.05) is 13.2 Å². The number of carbonyl (C=O) groups is 1. The zero-order valence-corrected chi connectivity index (χ0v) is 8.78. The molecule has 14 heavy (non-hydrogen) atoms. The molecule has 0 atom stereocenters. The van der Waals surface area contributed by atoms with E-state index in [0.29, 0.717) is 18.5 Å². The molecule has 1 rings (SSSR count). The van der Waals surface area contributed by atoms with Gasteiger partial charge in [-0.3, -0.25) is 9.63 Å². The summed E-state index contributed by atoms with van der Waals surface area (Å²) < 4.78 is 0. The average molecular weight is 202 g/mol. The number of nitrogens with zero attached hydrogens (tertiary/aromatic N) is 1. The lowest BCUT2D eigenvalue weighted by Gasteiger charge is -2.15. The number of hydrogen-bond acceptors (Lipinski definition) is 4. The van der Waals surface area contributed by atoms with E-state index in [1.54, 1.807) is 0 Å². The van der Waals surface area contributed by atoms with Gasteiger partial charge in [0.25, 0.3) is 5.91 Å². The fourth-order valence-electron chi connectivity index (χ4n) is 0.971. The maximum absolute atomic E-state index is 11.0. The number of amides is 1. The van der Waals surface area contributed by atoms with E-state index in [2.05, 4.69) is 11.4 Å². The highest BCUT2D eigenvalue weighted by Gasteiger charge is 2.24. The summed E-state index contributed by atoms with van der Waals surface area (Å²) in [5.41, 5.74) is 0.692. The van der Waals surface area contributed by atoms with E-state index in [1.807, 2.05) is 13.8 Å². The van der Waals surface area contributed by atoms with Gasteiger partial charge in [0.05, 0.1) is 6.61 Å². The van der Waals surface area contributed by atoms with Gasteiger partial charge in [-0.15, -0.1) is 0 Å². The van der Waals surface area contributed by atoms with Gasteiger partial charge in [0.15, 0.2) is 0 Å². The summed E-state index contributed by atoms with van der Waals surface area (Å²) in [7, 11) is 0. The molecule has 5 nitrogen and oxygen atoms in total. The summed E-state index contributed by atoms with van der Waals surface area (Å²) in [5.74, 6) is 4.72. The number of hydroxylamine groups is 2. The molecular formula is C9H18N2O3. The fraction of sp³-hybridized carbons (Fsp3) is 0.667. The number of rotatable bonds is 4. The molecule has 1 aliphatic rings. The third-order valence-corrected chi connectivity index (χ3v) is 1.56. The molecule has 1 fully saturated rings. The van der Waals surface area contributed by atoms with Gasteiger partial charge in [0.1, 0.15) is 6.61 Å². The molecule has 0 bridgehead atoms. The minimum absolute atomic E-state index is 0.0583. The van der Waals surface area contributed by atoms with Gasteiger partial charge in [-0.1, -0.05) is 20.4 Å². The third-order valence-electron chi connectivity index (χ3n) is 1.56. The SMILES string of the molecule is C=C1CCC(=O)N1OCCON.CC. The third kappa shape index (κ3) is 3.87. The zero-order chi connectivity index (χ0) is 11.0. The van der Waals surface area contributed by atoms with Crippen molar-refractivity contribution in [3.05, 3.63) is 12.3 Å². The van der Waals surface area contributed by atoms with Crippen molar-refractivity contribution in [2.24, 2.45) is 5.90 Å². The fourth-order valence-corrected chi connectivity index (χ4v) is 0.971. The Hall–Kier alpha value is -0.910. The van der Waals surface area contributed by atoms with Crippen LogP contribution in [0.4, 0.5) is 0 Å². The van der Waals surface area contributed by atoms with E-state index in [0.717, 1.165) is 0 Å². The Kier molecular flexibility index (Phi) is 7.00. The second kappa shape index (κ2) is 7.49. The van der Waals surface area contributed by atoms with Crippen LogP contribution < -0.4 is 5.90 Å². The number of carbonyl (C=O) groups excluding carboxylic acids is 1. The molecule has 1 saturated heterocycles. The van der Waals surface area contributed by atoms with Gasteiger partial charge < -0.3 is 4.84 Å². The van der Waals surface area contributed by atoms with Crippen LogP contribution >= 0.6 is 0 Å². The van der Waals surface area contributed by atoms with E-state index in [1.165, 1.54) is 5.06 Å². The van der Waals surface area contributed by atoms with E-state index >= 15 is 0 Å². The molecule has 82 valence electrons. The van der Waals surface area contributed by atoms with Gasteiger partial charge in [0, 0.05) is 12.1 Å². The Bertz CT molecular complexity index is 178. The quantitative estimate of drug-likeness (QED) is 0.545. The Labute approximate surface area is 84.4 Å². The highest BCUT2D eigenvalue weighted by Crippen LogP contribution is 2.20. The number of allylic oxidation sites excluding steroid dienone is 1. The van der Waals surface area contributed by atoms with Crippen molar-refractivity contribution in [1.29, 1.82) is 0 Å². The molecule has 0 unspecified atom stereocenters. The molecule has 0 saturated carbocycles. The first kappa shape index (κ1) is 13.1. The van der Waals surface area contributed by atoms with Crippen LogP contribution in [-0.2, 0) is 14.5 Å². The van der Waals surface area contributed by atoms with Crippen LogP contribution in [0.15, 0.2) is 12.3 Å². The highest BCUT2D eigenvalue weighted by molar-refractivity contribution is 5.79. The molecule has 1 heterocycles. The van der Waals surface area contributed by atoms with Crippen LogP contribution in [0.1, 0.15) is 26.7 Å². The van der Waals surface area contributed by atoms with Crippen molar-refractivity contribution in [3.63, 3.8) is 0 Å². The molecular weight excluding hydrogens is 184 g/mol. The molecule has 0 aliphatic carbocycles. The van der Waals surface area contributed by atoms with E-state index in [4.69, 9.17) is 10.7 Å². The minimum Gasteiger partial charge on any atom is -0.302 e. The van der Waals surface area contributed by atoms with Gasteiger partial charge in [-0.05, 0) is 6.42 Å². The van der Waals surface area contributed by atoms with Crippen molar-refractivity contribution >= 4 is 5.91 Å². The number of nitrogens with two attached hydrogens (primary N) is 1. The van der Waals surface area contributed by atoms with Gasteiger partial charge in [0.2, 0.25) is 0 Å². The molecule has 1 amide bonds. The summed E-state index contributed by atoms with van der Waals surface area (Å²) in [6.07, 6.45) is 1.14. The second-order valence-corrected chi connectivity index (χ2v) is 2.46. The van der Waals surface area contributed by atoms with Crippen LogP contribution in [0.3, 0.4) is 0 Å². The van der Waals surface area contributed by atoms with E-state index in [-0.39, 0.29) is 19.1 Å². The molecule has 0 aromatic heterocycles. The lowest BCUT2D eigenvalue weighted by atomic mass is 10.3. The van der Waals surface area contributed by atoms with Gasteiger partial charge >= 0.3 is 0 Å². The van der Waals surface area contributed by atoms with Gasteiger partial charge in [-0.2, -0.15) is 5.06 Å². The lowest BCUT2D eigenvalue weighted by Crippen LogP contribution is -2.25. The first-order valence-corrected chi connectivity index (χ1v) is 4.71. The Morgan fingerprint density at radius 3 is 2.50 bits per heavy atom. The second-order valence-electron chi connectivity index (χ2n) is 2.46. The lowest BCUT2D eigenvalue weighted by molar-refractivity contribution is -0.172. The molecule has 2 N–H and O–H groups in total. The zero-order valence-electron chi connectivity index (χ0n) is 8.78. The molecule has 0 radical (unpaired) electrons. The topological polar surface area (TPSA) is 64.8 Å². The van der Waals surface area contributed by atoms with Crippen LogP contribution in [0.5, 0.6) is 0 Å². The normalized spacial score (nSPS) is 15.5. The highest BCUT2D eigenvalue weighted by atomic mass is 16.7.